The highest BCUT2D eigenvalue weighted by atomic mass is 32.2. The summed E-state index contributed by atoms with van der Waals surface area (Å²) in [5.74, 6) is 0.758. The first-order valence-electron chi connectivity index (χ1n) is 18.7. The number of piperidine rings is 1. The molecule has 0 radical (unpaired) electrons. The first-order chi connectivity index (χ1) is 27.1. The summed E-state index contributed by atoms with van der Waals surface area (Å²) in [5.41, 5.74) is 3.85. The highest BCUT2D eigenvalue weighted by molar-refractivity contribution is 7.97. The van der Waals surface area contributed by atoms with Gasteiger partial charge in [-0.2, -0.15) is 15.3 Å². The van der Waals surface area contributed by atoms with Crippen molar-refractivity contribution in [1.82, 2.24) is 44.2 Å². The number of carbonyl (C=O) groups is 2. The van der Waals surface area contributed by atoms with Crippen molar-refractivity contribution >= 4 is 53.4 Å². The van der Waals surface area contributed by atoms with Crippen LogP contribution in [0.5, 0.6) is 5.75 Å². The van der Waals surface area contributed by atoms with E-state index in [2.05, 4.69) is 63.7 Å². The second-order valence-corrected chi connectivity index (χ2v) is 15.2. The number of aromatic nitrogens is 6. The number of halogens is 1. The van der Waals surface area contributed by atoms with Crippen LogP contribution in [0.4, 0.5) is 15.9 Å². The zero-order valence-electron chi connectivity index (χ0n) is 32.5. The molecule has 5 aromatic rings. The van der Waals surface area contributed by atoms with Crippen molar-refractivity contribution in [3.63, 3.8) is 0 Å². The van der Waals surface area contributed by atoms with E-state index in [1.54, 1.807) is 25.5 Å². The quantitative estimate of drug-likeness (QED) is 0.0746. The van der Waals surface area contributed by atoms with Crippen molar-refractivity contribution in [3.05, 3.63) is 72.0 Å². The fourth-order valence-corrected chi connectivity index (χ4v) is 7.70. The third kappa shape index (κ3) is 9.52. The third-order valence-electron chi connectivity index (χ3n) is 9.74. The van der Waals surface area contributed by atoms with E-state index in [9.17, 15) is 9.59 Å². The Hall–Kier alpha value is -5.39. The fraction of sp³-hybridized carbons (Fsp3) is 0.410. The second kappa shape index (κ2) is 18.5. The number of likely N-dealkylation sites (tertiary alicyclic amines) is 1. The molecule has 0 atom stereocenters. The van der Waals surface area contributed by atoms with Crippen molar-refractivity contribution < 1.29 is 18.7 Å². The van der Waals surface area contributed by atoms with E-state index < -0.39 is 5.82 Å². The van der Waals surface area contributed by atoms with Crippen molar-refractivity contribution in [2.45, 2.75) is 56.4 Å². The smallest absolute Gasteiger partial charge is 0.221 e. The van der Waals surface area contributed by atoms with Crippen molar-refractivity contribution in [2.24, 2.45) is 17.1 Å². The maximum Gasteiger partial charge on any atom is 0.221 e. The zero-order valence-corrected chi connectivity index (χ0v) is 33.3. The van der Waals surface area contributed by atoms with Crippen LogP contribution < -0.4 is 20.4 Å². The van der Waals surface area contributed by atoms with Gasteiger partial charge >= 0.3 is 0 Å². The minimum absolute atomic E-state index is 0.126. The van der Waals surface area contributed by atoms with E-state index in [1.165, 1.54) is 39.5 Å². The van der Waals surface area contributed by atoms with Gasteiger partial charge in [-0.1, -0.05) is 6.07 Å². The van der Waals surface area contributed by atoms with Gasteiger partial charge in [0.05, 0.1) is 17.8 Å². The van der Waals surface area contributed by atoms with E-state index >= 15 is 4.39 Å². The highest BCUT2D eigenvalue weighted by Crippen LogP contribution is 2.34. The van der Waals surface area contributed by atoms with E-state index in [0.717, 1.165) is 67.6 Å². The molecule has 1 aliphatic heterocycles. The molecule has 0 saturated carbocycles. The first-order valence-corrected chi connectivity index (χ1v) is 19.4. The number of amides is 2. The molecule has 2 aromatic carbocycles. The summed E-state index contributed by atoms with van der Waals surface area (Å²) in [4.78, 5) is 37.5. The Kier molecular flexibility index (Phi) is 13.3. The number of fused-ring (bicyclic) bond motifs is 1. The summed E-state index contributed by atoms with van der Waals surface area (Å²) in [5, 5.41) is 18.9. The summed E-state index contributed by atoms with van der Waals surface area (Å²) in [6, 6.07) is 11.4. The minimum Gasteiger partial charge on any atom is -0.485 e. The molecule has 1 saturated heterocycles. The Labute approximate surface area is 329 Å². The lowest BCUT2D eigenvalue weighted by molar-refractivity contribution is -0.120. The maximum absolute atomic E-state index is 15.6. The summed E-state index contributed by atoms with van der Waals surface area (Å²) >= 11 is 1.50. The number of nitrogens with one attached hydrogen (secondary N) is 2. The molecule has 2 amide bonds. The van der Waals surface area contributed by atoms with Gasteiger partial charge in [-0.15, -0.1) is 0 Å². The number of aromatic amines is 1. The van der Waals surface area contributed by atoms with Crippen LogP contribution in [0.15, 0.2) is 70.1 Å². The van der Waals surface area contributed by atoms with Gasteiger partial charge in [0.25, 0.3) is 0 Å². The Morgan fingerprint density at radius 1 is 1.21 bits per heavy atom. The lowest BCUT2D eigenvalue weighted by Crippen LogP contribution is -2.34. The maximum atomic E-state index is 15.6. The SMILES string of the molecule is C=Nn1cnc(-c2cn[nH]c2)c(OC(C)C)c1=Nc1ccc(SN(C)CCCN2CCC(c3ccc4c(N(C=O)CCC(=O)NC)nn(C)c4c3)CC2)cc1F. The number of carbonyl (C=O) groups excluding carboxylic acids is 2. The van der Waals surface area contributed by atoms with Gasteiger partial charge in [0.1, 0.15) is 23.5 Å². The number of aryl methyl sites for hydroxylation is 1. The van der Waals surface area contributed by atoms with Gasteiger partial charge in [0.2, 0.25) is 17.8 Å². The van der Waals surface area contributed by atoms with Crippen LogP contribution in [-0.2, 0) is 16.6 Å². The van der Waals surface area contributed by atoms with Crippen LogP contribution >= 0.6 is 11.9 Å². The molecule has 0 aliphatic carbocycles. The number of nitrogens with zero attached hydrogens (tertiary/aromatic N) is 10. The van der Waals surface area contributed by atoms with Crippen LogP contribution in [0.25, 0.3) is 22.2 Å². The van der Waals surface area contributed by atoms with Crippen LogP contribution in [-0.4, -0.2) is 111 Å². The van der Waals surface area contributed by atoms with Crippen molar-refractivity contribution in [3.8, 4) is 17.0 Å². The molecule has 56 heavy (non-hydrogen) atoms. The molecular weight excluding hydrogens is 736 g/mol. The van der Waals surface area contributed by atoms with E-state index in [4.69, 9.17) is 4.74 Å². The van der Waals surface area contributed by atoms with Crippen LogP contribution in [0.2, 0.25) is 0 Å². The van der Waals surface area contributed by atoms with Crippen molar-refractivity contribution in [2.75, 3.05) is 51.7 Å². The van der Waals surface area contributed by atoms with Gasteiger partial charge in [0.15, 0.2) is 11.6 Å². The molecule has 1 fully saturated rings. The Morgan fingerprint density at radius 2 is 2.02 bits per heavy atom. The molecule has 1 aliphatic rings. The Balaban J connectivity index is 1.02. The number of ether oxygens (including phenoxy) is 1. The van der Waals surface area contributed by atoms with Gasteiger partial charge in [-0.25, -0.2) is 23.3 Å². The second-order valence-electron chi connectivity index (χ2n) is 14.0. The summed E-state index contributed by atoms with van der Waals surface area (Å²) < 4.78 is 27.0. The Bertz CT molecular complexity index is 2210. The predicted molar refractivity (Wildman–Crippen MR) is 216 cm³/mol. The van der Waals surface area contributed by atoms with E-state index in [0.29, 0.717) is 28.7 Å². The Morgan fingerprint density at radius 3 is 2.70 bits per heavy atom. The standard InChI is InChI=1S/C39H49FN12O3S/c1-26(2)55-37-36(29-22-44-45-23-29)43-24-52(42-4)39(37)46-33-11-9-30(21-32(33)40)56-48(5)15-7-16-50-17-12-27(13-18-50)28-8-10-31-34(20-28)49(6)47-38(31)51(25-53)19-14-35(54)41-3/h8-11,20-27H,4,7,12-19H2,1-3,5-6H3,(H,41,54)(H,44,45). The summed E-state index contributed by atoms with van der Waals surface area (Å²) in [6.07, 6.45) is 8.63. The predicted octanol–water partition coefficient (Wildman–Crippen LogP) is 5.09. The summed E-state index contributed by atoms with van der Waals surface area (Å²) in [7, 11) is 5.49. The average molecular weight is 785 g/mol. The van der Waals surface area contributed by atoms with Gasteiger partial charge in [-0.05, 0) is 114 Å². The molecule has 4 heterocycles. The number of benzene rings is 2. The average Bonchev–Trinajstić information content (AvgIpc) is 3.85. The number of rotatable bonds is 17. The van der Waals surface area contributed by atoms with E-state index in [-0.39, 0.29) is 36.2 Å². The molecule has 0 bridgehead atoms. The topological polar surface area (TPSA) is 154 Å². The molecule has 15 nitrogen and oxygen atoms in total. The van der Waals surface area contributed by atoms with E-state index in [1.807, 2.05) is 44.8 Å². The van der Waals surface area contributed by atoms with Crippen molar-refractivity contribution in [1.29, 1.82) is 0 Å². The van der Waals surface area contributed by atoms with Crippen LogP contribution in [0, 0.1) is 5.82 Å². The molecule has 0 spiro atoms. The zero-order chi connectivity index (χ0) is 39.8. The van der Waals surface area contributed by atoms with Crippen LogP contribution in [0.1, 0.15) is 51.0 Å². The lowest BCUT2D eigenvalue weighted by atomic mass is 9.89. The molecule has 0 unspecified atom stereocenters. The molecular formula is C39H49FN12O3S. The molecule has 296 valence electrons. The normalized spacial score (nSPS) is 14.2. The summed E-state index contributed by atoms with van der Waals surface area (Å²) in [6.45, 7) is 11.5. The largest absolute Gasteiger partial charge is 0.485 e. The minimum atomic E-state index is -0.470. The highest BCUT2D eigenvalue weighted by Gasteiger charge is 2.23. The van der Waals surface area contributed by atoms with Gasteiger partial charge in [0, 0.05) is 62.4 Å². The molecule has 17 heteroatoms. The number of hydrogen-bond donors (Lipinski definition) is 2. The fourth-order valence-electron chi connectivity index (χ4n) is 6.83. The first kappa shape index (κ1) is 40.3. The van der Waals surface area contributed by atoms with Crippen LogP contribution in [0.3, 0.4) is 0 Å². The lowest BCUT2D eigenvalue weighted by Gasteiger charge is -2.32. The number of hydrogen-bond acceptors (Lipinski definition) is 11. The molecule has 6 rings (SSSR count). The third-order valence-corrected chi connectivity index (χ3v) is 10.7. The molecule has 3 aromatic heterocycles. The van der Waals surface area contributed by atoms with Gasteiger partial charge < -0.3 is 15.0 Å². The monoisotopic (exact) mass is 784 g/mol. The number of anilines is 1. The van der Waals surface area contributed by atoms with Gasteiger partial charge in [-0.3, -0.25) is 24.3 Å². The number of H-pyrrole nitrogens is 1. The molecule has 2 N–H and O–H groups in total.